The Morgan fingerprint density at radius 1 is 0.931 bits per heavy atom. The van der Waals surface area contributed by atoms with Gasteiger partial charge in [-0.2, -0.15) is 0 Å². The van der Waals surface area contributed by atoms with Crippen molar-refractivity contribution in [2.45, 2.75) is 0 Å². The fourth-order valence-corrected chi connectivity index (χ4v) is 4.40. The number of benzene rings is 1. The first-order valence-corrected chi connectivity index (χ1v) is 10.8. The molecule has 0 radical (unpaired) electrons. The van der Waals surface area contributed by atoms with Crippen molar-refractivity contribution < 1.29 is 22.4 Å². The maximum Gasteiger partial charge on any atom is 0.256 e. The summed E-state index contributed by atoms with van der Waals surface area (Å²) < 4.78 is 40.7. The normalized spacial score (nSPS) is 20.7. The molecule has 0 saturated carbocycles. The first-order chi connectivity index (χ1) is 13.8. The Bertz CT molecular complexity index is 1060. The van der Waals surface area contributed by atoms with Crippen LogP contribution in [-0.4, -0.2) is 79.2 Å². The number of nitrogens with zero attached hydrogens (tertiary/aromatic N) is 4. The molecule has 0 aromatic heterocycles. The number of hydrogen-bond acceptors (Lipinski definition) is 5. The van der Waals surface area contributed by atoms with Crippen molar-refractivity contribution in [3.63, 3.8) is 0 Å². The summed E-state index contributed by atoms with van der Waals surface area (Å²) in [5.74, 6) is -0.948. The fraction of sp³-hybridized carbons (Fsp3) is 0.316. The minimum atomic E-state index is -3.45. The van der Waals surface area contributed by atoms with E-state index >= 15 is 0 Å². The summed E-state index contributed by atoms with van der Waals surface area (Å²) in [6.07, 6.45) is 4.67. The highest BCUT2D eigenvalue weighted by atomic mass is 32.2. The third-order valence-corrected chi connectivity index (χ3v) is 6.19. The molecule has 0 aliphatic carbocycles. The number of fused-ring (bicyclic) bond motifs is 1. The SMILES string of the molecule is O=C(C1=CN2CCS(=O)(=O)N=C2C=C1)N1CCN(C(=O)c2ccccc2F)CC1. The van der Waals surface area contributed by atoms with Crippen LogP contribution in [0.1, 0.15) is 10.4 Å². The fourth-order valence-electron chi connectivity index (χ4n) is 3.43. The van der Waals surface area contributed by atoms with Crippen molar-refractivity contribution in [2.75, 3.05) is 38.5 Å². The topological polar surface area (TPSA) is 90.4 Å². The maximum atomic E-state index is 13.8. The molecule has 1 fully saturated rings. The highest BCUT2D eigenvalue weighted by Crippen LogP contribution is 2.19. The van der Waals surface area contributed by atoms with Crippen molar-refractivity contribution in [1.82, 2.24) is 14.7 Å². The average Bonchev–Trinajstić information content (AvgIpc) is 2.72. The Labute approximate surface area is 167 Å². The third kappa shape index (κ3) is 3.93. The van der Waals surface area contributed by atoms with E-state index in [9.17, 15) is 22.4 Å². The minimum Gasteiger partial charge on any atom is -0.335 e. The van der Waals surface area contributed by atoms with Gasteiger partial charge in [0.2, 0.25) is 0 Å². The van der Waals surface area contributed by atoms with Crippen LogP contribution >= 0.6 is 0 Å². The van der Waals surface area contributed by atoms with E-state index in [1.807, 2.05) is 0 Å². The van der Waals surface area contributed by atoms with Crippen LogP contribution in [0.25, 0.3) is 0 Å². The van der Waals surface area contributed by atoms with Gasteiger partial charge in [0.25, 0.3) is 21.8 Å². The average molecular weight is 418 g/mol. The molecule has 1 aromatic carbocycles. The van der Waals surface area contributed by atoms with Crippen molar-refractivity contribution in [3.8, 4) is 0 Å². The van der Waals surface area contributed by atoms with Gasteiger partial charge in [0, 0.05) is 38.9 Å². The number of amidine groups is 1. The standard InChI is InChI=1S/C19H19FN4O4S/c20-16-4-2-1-3-15(16)19(26)23-9-7-22(8-10-23)18(25)14-5-6-17-21-29(27,28)12-11-24(17)13-14/h1-6,13H,7-12H2. The molecule has 0 bridgehead atoms. The van der Waals surface area contributed by atoms with Crippen molar-refractivity contribution >= 4 is 27.7 Å². The van der Waals surface area contributed by atoms with Crippen LogP contribution in [0.3, 0.4) is 0 Å². The third-order valence-electron chi connectivity index (χ3n) is 5.03. The molecule has 29 heavy (non-hydrogen) atoms. The molecule has 0 unspecified atom stereocenters. The minimum absolute atomic E-state index is 0.0251. The summed E-state index contributed by atoms with van der Waals surface area (Å²) in [6, 6.07) is 5.84. The number of hydrogen-bond donors (Lipinski definition) is 0. The molecule has 152 valence electrons. The summed E-state index contributed by atoms with van der Waals surface area (Å²) >= 11 is 0. The van der Waals surface area contributed by atoms with Gasteiger partial charge in [0.05, 0.1) is 16.9 Å². The molecule has 0 N–H and O–H groups in total. The zero-order chi connectivity index (χ0) is 20.6. The second-order valence-corrected chi connectivity index (χ2v) is 8.67. The Hall–Kier alpha value is -3.01. The van der Waals surface area contributed by atoms with Gasteiger partial charge in [-0.3, -0.25) is 9.59 Å². The molecular formula is C19H19FN4O4S. The Kier molecular flexibility index (Phi) is 4.95. The van der Waals surface area contributed by atoms with Crippen LogP contribution in [0.15, 0.2) is 52.6 Å². The number of carbonyl (C=O) groups is 2. The molecular weight excluding hydrogens is 399 g/mol. The van der Waals surface area contributed by atoms with Crippen LogP contribution in [-0.2, 0) is 14.8 Å². The highest BCUT2D eigenvalue weighted by Gasteiger charge is 2.29. The number of halogens is 1. The first kappa shape index (κ1) is 19.3. The van der Waals surface area contributed by atoms with E-state index in [0.29, 0.717) is 37.6 Å². The van der Waals surface area contributed by atoms with Crippen LogP contribution < -0.4 is 0 Å². The van der Waals surface area contributed by atoms with E-state index in [1.165, 1.54) is 29.2 Å². The molecule has 3 heterocycles. The first-order valence-electron chi connectivity index (χ1n) is 9.16. The van der Waals surface area contributed by atoms with Gasteiger partial charge < -0.3 is 14.7 Å². The van der Waals surface area contributed by atoms with Crippen molar-refractivity contribution in [2.24, 2.45) is 4.40 Å². The summed E-state index contributed by atoms with van der Waals surface area (Å²) in [7, 11) is -3.45. The van der Waals surface area contributed by atoms with E-state index in [1.54, 1.807) is 28.1 Å². The Morgan fingerprint density at radius 3 is 2.28 bits per heavy atom. The van der Waals surface area contributed by atoms with Gasteiger partial charge in [-0.05, 0) is 24.3 Å². The summed E-state index contributed by atoms with van der Waals surface area (Å²) in [4.78, 5) is 30.1. The molecule has 0 spiro atoms. The van der Waals surface area contributed by atoms with Crippen LogP contribution in [0.5, 0.6) is 0 Å². The lowest BCUT2D eigenvalue weighted by molar-refractivity contribution is -0.128. The lowest BCUT2D eigenvalue weighted by Crippen LogP contribution is -2.51. The second-order valence-electron chi connectivity index (χ2n) is 6.91. The van der Waals surface area contributed by atoms with Gasteiger partial charge in [-0.25, -0.2) is 12.8 Å². The molecule has 3 aliphatic heterocycles. The molecule has 8 nitrogen and oxygen atoms in total. The van der Waals surface area contributed by atoms with Gasteiger partial charge in [0.1, 0.15) is 11.7 Å². The smallest absolute Gasteiger partial charge is 0.256 e. The number of sulfonamides is 1. The van der Waals surface area contributed by atoms with Crippen molar-refractivity contribution in [1.29, 1.82) is 0 Å². The van der Waals surface area contributed by atoms with Crippen LogP contribution in [0.2, 0.25) is 0 Å². The number of carbonyl (C=O) groups excluding carboxylic acids is 2. The molecule has 3 aliphatic rings. The van der Waals surface area contributed by atoms with Crippen LogP contribution in [0.4, 0.5) is 4.39 Å². The maximum absolute atomic E-state index is 13.8. The number of piperazine rings is 1. The molecule has 1 saturated heterocycles. The van der Waals surface area contributed by atoms with E-state index in [2.05, 4.69) is 4.40 Å². The molecule has 0 atom stereocenters. The van der Waals surface area contributed by atoms with E-state index in [4.69, 9.17) is 0 Å². The number of amides is 2. The Morgan fingerprint density at radius 2 is 1.59 bits per heavy atom. The molecule has 4 rings (SSSR count). The summed E-state index contributed by atoms with van der Waals surface area (Å²) in [5, 5.41) is 0. The predicted octanol–water partition coefficient (Wildman–Crippen LogP) is 0.608. The lowest BCUT2D eigenvalue weighted by atomic mass is 10.1. The largest absolute Gasteiger partial charge is 0.335 e. The zero-order valence-corrected chi connectivity index (χ0v) is 16.3. The monoisotopic (exact) mass is 418 g/mol. The summed E-state index contributed by atoms with van der Waals surface area (Å²) in [6.45, 7) is 1.53. The summed E-state index contributed by atoms with van der Waals surface area (Å²) in [5.41, 5.74) is 0.453. The number of rotatable bonds is 2. The zero-order valence-electron chi connectivity index (χ0n) is 15.5. The van der Waals surface area contributed by atoms with Gasteiger partial charge in [0.15, 0.2) is 0 Å². The van der Waals surface area contributed by atoms with Gasteiger partial charge in [-0.15, -0.1) is 4.40 Å². The molecule has 10 heteroatoms. The predicted molar refractivity (Wildman–Crippen MR) is 104 cm³/mol. The quantitative estimate of drug-likeness (QED) is 0.702. The van der Waals surface area contributed by atoms with E-state index in [-0.39, 0.29) is 29.7 Å². The van der Waals surface area contributed by atoms with Crippen molar-refractivity contribution in [3.05, 3.63) is 59.6 Å². The van der Waals surface area contributed by atoms with E-state index in [0.717, 1.165) is 0 Å². The highest BCUT2D eigenvalue weighted by molar-refractivity contribution is 7.90. The lowest BCUT2D eigenvalue weighted by Gasteiger charge is -2.36. The van der Waals surface area contributed by atoms with E-state index < -0.39 is 15.8 Å². The van der Waals surface area contributed by atoms with Gasteiger partial charge >= 0.3 is 0 Å². The second kappa shape index (κ2) is 7.43. The molecule has 1 aromatic rings. The van der Waals surface area contributed by atoms with Crippen LogP contribution in [0, 0.1) is 5.82 Å². The molecule has 2 amide bonds. The van der Waals surface area contributed by atoms with Gasteiger partial charge in [-0.1, -0.05) is 12.1 Å². The Balaban J connectivity index is 1.40.